The predicted octanol–water partition coefficient (Wildman–Crippen LogP) is 4.56. The third-order valence-electron chi connectivity index (χ3n) is 3.50. The van der Waals surface area contributed by atoms with Crippen LogP contribution in [0.4, 0.5) is 18.9 Å². The molecule has 1 atom stereocenters. The molecule has 0 spiro atoms. The van der Waals surface area contributed by atoms with Crippen LogP contribution in [-0.4, -0.2) is 6.54 Å². The Morgan fingerprint density at radius 1 is 1.14 bits per heavy atom. The fourth-order valence-corrected chi connectivity index (χ4v) is 2.49. The van der Waals surface area contributed by atoms with Gasteiger partial charge in [0.1, 0.15) is 11.9 Å². The Morgan fingerprint density at radius 3 is 2.67 bits per heavy atom. The second-order valence-corrected chi connectivity index (χ2v) is 5.07. The van der Waals surface area contributed by atoms with Crippen molar-refractivity contribution >= 4 is 5.69 Å². The average Bonchev–Trinajstić information content (AvgIpc) is 2.46. The van der Waals surface area contributed by atoms with Gasteiger partial charge in [-0.15, -0.1) is 0 Å². The molecule has 2 aromatic rings. The number of halogens is 3. The number of fused-ring (bicyclic) bond motifs is 1. The third kappa shape index (κ3) is 2.68. The first-order valence-corrected chi connectivity index (χ1v) is 6.62. The van der Waals surface area contributed by atoms with Crippen molar-refractivity contribution in [3.8, 4) is 5.75 Å². The van der Waals surface area contributed by atoms with E-state index in [2.05, 4.69) is 5.32 Å². The van der Waals surface area contributed by atoms with E-state index in [1.165, 1.54) is 12.1 Å². The van der Waals surface area contributed by atoms with Crippen molar-refractivity contribution in [3.05, 3.63) is 59.2 Å². The van der Waals surface area contributed by atoms with Gasteiger partial charge in [0, 0.05) is 5.56 Å². The maximum absolute atomic E-state index is 13.1. The van der Waals surface area contributed by atoms with E-state index < -0.39 is 17.8 Å². The lowest BCUT2D eigenvalue weighted by atomic mass is 10.0. The van der Waals surface area contributed by atoms with Crippen LogP contribution in [-0.2, 0) is 6.18 Å². The molecule has 0 fully saturated rings. The van der Waals surface area contributed by atoms with Gasteiger partial charge in [-0.1, -0.05) is 24.3 Å². The van der Waals surface area contributed by atoms with Gasteiger partial charge in [-0.3, -0.25) is 0 Å². The van der Waals surface area contributed by atoms with E-state index >= 15 is 0 Å². The molecule has 0 aromatic heterocycles. The van der Waals surface area contributed by atoms with Gasteiger partial charge in [0.2, 0.25) is 0 Å². The molecule has 0 saturated carbocycles. The average molecular weight is 293 g/mol. The van der Waals surface area contributed by atoms with Crippen LogP contribution in [0.25, 0.3) is 0 Å². The summed E-state index contributed by atoms with van der Waals surface area (Å²) in [7, 11) is 0. The highest BCUT2D eigenvalue weighted by atomic mass is 19.4. The summed E-state index contributed by atoms with van der Waals surface area (Å²) in [5.41, 5.74) is 1.39. The van der Waals surface area contributed by atoms with E-state index in [0.717, 1.165) is 17.3 Å². The first-order valence-electron chi connectivity index (χ1n) is 6.62. The lowest BCUT2D eigenvalue weighted by Crippen LogP contribution is -2.26. The molecule has 1 aliphatic heterocycles. The summed E-state index contributed by atoms with van der Waals surface area (Å²) >= 11 is 0. The van der Waals surface area contributed by atoms with E-state index in [-0.39, 0.29) is 5.56 Å². The zero-order valence-corrected chi connectivity index (χ0v) is 11.4. The molecule has 2 aromatic carbocycles. The number of nitrogens with one attached hydrogen (secondary N) is 1. The Hall–Kier alpha value is -2.17. The number of aryl methyl sites for hydroxylation is 1. The summed E-state index contributed by atoms with van der Waals surface area (Å²) in [6.07, 6.45) is -5.04. The van der Waals surface area contributed by atoms with E-state index in [9.17, 15) is 13.2 Å². The summed E-state index contributed by atoms with van der Waals surface area (Å²) in [6.45, 7) is 2.26. The number of rotatable bonds is 1. The van der Waals surface area contributed by atoms with Gasteiger partial charge >= 0.3 is 6.18 Å². The van der Waals surface area contributed by atoms with Crippen molar-refractivity contribution in [1.82, 2.24) is 0 Å². The molecular weight excluding hydrogens is 279 g/mol. The minimum absolute atomic E-state index is 0.156. The highest BCUT2D eigenvalue weighted by Crippen LogP contribution is 2.39. The minimum atomic E-state index is -4.38. The zero-order valence-electron chi connectivity index (χ0n) is 11.4. The second-order valence-electron chi connectivity index (χ2n) is 5.07. The standard InChI is InChI=1S/C16H14F3NO/c1-10-6-7-14-13(8-10)20-9-15(21-14)11-4-2-3-5-12(11)16(17,18)19/h2-8,15,20H,9H2,1H3. The van der Waals surface area contributed by atoms with Gasteiger partial charge in [0.25, 0.3) is 0 Å². The predicted molar refractivity (Wildman–Crippen MR) is 74.5 cm³/mol. The minimum Gasteiger partial charge on any atom is -0.482 e. The highest BCUT2D eigenvalue weighted by Gasteiger charge is 2.36. The molecule has 1 unspecified atom stereocenters. The molecule has 1 aliphatic rings. The molecule has 0 amide bonds. The molecule has 1 heterocycles. The Morgan fingerprint density at radius 2 is 1.90 bits per heavy atom. The summed E-state index contributed by atoms with van der Waals surface area (Å²) in [5.74, 6) is 0.578. The summed E-state index contributed by atoms with van der Waals surface area (Å²) in [4.78, 5) is 0. The van der Waals surface area contributed by atoms with Gasteiger partial charge in [0.05, 0.1) is 17.8 Å². The zero-order chi connectivity index (χ0) is 15.0. The number of ether oxygens (including phenoxy) is 1. The van der Waals surface area contributed by atoms with Crippen LogP contribution in [0.3, 0.4) is 0 Å². The number of alkyl halides is 3. The highest BCUT2D eigenvalue weighted by molar-refractivity contribution is 5.60. The first-order chi connectivity index (χ1) is 9.95. The lowest BCUT2D eigenvalue weighted by Gasteiger charge is -2.29. The lowest BCUT2D eigenvalue weighted by molar-refractivity contribution is -0.139. The van der Waals surface area contributed by atoms with Crippen molar-refractivity contribution < 1.29 is 17.9 Å². The monoisotopic (exact) mass is 293 g/mol. The Kier molecular flexibility index (Phi) is 3.27. The van der Waals surface area contributed by atoms with Crippen LogP contribution in [0, 0.1) is 6.92 Å². The van der Waals surface area contributed by atoms with Crippen molar-refractivity contribution in [1.29, 1.82) is 0 Å². The fourth-order valence-electron chi connectivity index (χ4n) is 2.49. The molecular formula is C16H14F3NO. The van der Waals surface area contributed by atoms with E-state index in [1.54, 1.807) is 12.1 Å². The van der Waals surface area contributed by atoms with E-state index in [4.69, 9.17) is 4.74 Å². The summed E-state index contributed by atoms with van der Waals surface area (Å²) in [5, 5.41) is 3.14. The normalized spacial score (nSPS) is 17.6. The Labute approximate surface area is 120 Å². The molecule has 21 heavy (non-hydrogen) atoms. The van der Waals surface area contributed by atoms with Gasteiger partial charge in [0.15, 0.2) is 0 Å². The van der Waals surface area contributed by atoms with Gasteiger partial charge < -0.3 is 10.1 Å². The molecule has 0 saturated heterocycles. The van der Waals surface area contributed by atoms with Gasteiger partial charge in [-0.2, -0.15) is 13.2 Å². The maximum atomic E-state index is 13.1. The van der Waals surface area contributed by atoms with Crippen LogP contribution in [0.15, 0.2) is 42.5 Å². The first kappa shape index (κ1) is 13.8. The third-order valence-corrected chi connectivity index (χ3v) is 3.50. The van der Waals surface area contributed by atoms with Crippen LogP contribution in [0.1, 0.15) is 22.8 Å². The Bertz CT molecular complexity index is 667. The van der Waals surface area contributed by atoms with Crippen molar-refractivity contribution in [2.24, 2.45) is 0 Å². The largest absolute Gasteiger partial charge is 0.482 e. The quantitative estimate of drug-likeness (QED) is 0.832. The van der Waals surface area contributed by atoms with Crippen molar-refractivity contribution in [2.75, 3.05) is 11.9 Å². The molecule has 110 valence electrons. The van der Waals surface area contributed by atoms with E-state index in [0.29, 0.717) is 12.3 Å². The SMILES string of the molecule is Cc1ccc2c(c1)NCC(c1ccccc1C(F)(F)F)O2. The Balaban J connectivity index is 1.95. The molecule has 1 N–H and O–H groups in total. The topological polar surface area (TPSA) is 21.3 Å². The number of hydrogen-bond acceptors (Lipinski definition) is 2. The maximum Gasteiger partial charge on any atom is 0.416 e. The van der Waals surface area contributed by atoms with Crippen LogP contribution in [0.2, 0.25) is 0 Å². The van der Waals surface area contributed by atoms with Crippen molar-refractivity contribution in [3.63, 3.8) is 0 Å². The summed E-state index contributed by atoms with van der Waals surface area (Å²) < 4.78 is 45.0. The smallest absolute Gasteiger partial charge is 0.416 e. The van der Waals surface area contributed by atoms with Crippen LogP contribution < -0.4 is 10.1 Å². The van der Waals surface area contributed by atoms with Gasteiger partial charge in [-0.05, 0) is 30.7 Å². The fraction of sp³-hybridized carbons (Fsp3) is 0.250. The number of benzene rings is 2. The van der Waals surface area contributed by atoms with Crippen LogP contribution >= 0.6 is 0 Å². The number of anilines is 1. The van der Waals surface area contributed by atoms with E-state index in [1.807, 2.05) is 19.1 Å². The molecule has 0 radical (unpaired) electrons. The van der Waals surface area contributed by atoms with Crippen molar-refractivity contribution in [2.45, 2.75) is 19.2 Å². The summed E-state index contributed by atoms with van der Waals surface area (Å²) in [6, 6.07) is 11.1. The number of hydrogen-bond donors (Lipinski definition) is 1. The van der Waals surface area contributed by atoms with Crippen LogP contribution in [0.5, 0.6) is 5.75 Å². The molecule has 5 heteroatoms. The molecule has 0 bridgehead atoms. The second kappa shape index (κ2) is 4.98. The molecule has 2 nitrogen and oxygen atoms in total. The molecule has 3 rings (SSSR count). The van der Waals surface area contributed by atoms with Gasteiger partial charge in [-0.25, -0.2) is 0 Å². The molecule has 0 aliphatic carbocycles.